The van der Waals surface area contributed by atoms with Gasteiger partial charge in [-0.15, -0.1) is 0 Å². The van der Waals surface area contributed by atoms with Crippen LogP contribution in [0, 0.1) is 0 Å². The van der Waals surface area contributed by atoms with Crippen LogP contribution in [-0.2, 0) is 0 Å². The van der Waals surface area contributed by atoms with Gasteiger partial charge in [-0.3, -0.25) is 0 Å². The lowest BCUT2D eigenvalue weighted by Crippen LogP contribution is -1.94. The van der Waals surface area contributed by atoms with Crippen molar-refractivity contribution >= 4 is 65.0 Å². The number of fused-ring (bicyclic) bond motifs is 3. The Morgan fingerprint density at radius 2 is 0.868 bits per heavy atom. The van der Waals surface area contributed by atoms with E-state index in [1.807, 2.05) is 12.1 Å². The molecule has 53 heavy (non-hydrogen) atoms. The molecule has 0 radical (unpaired) electrons. The minimum absolute atomic E-state index is 0.416. The van der Waals surface area contributed by atoms with Gasteiger partial charge in [0.2, 0.25) is 0 Å². The summed E-state index contributed by atoms with van der Waals surface area (Å²) >= 11 is 0. The molecule has 2 aromatic heterocycles. The quantitative estimate of drug-likeness (QED) is 0.169. The van der Waals surface area contributed by atoms with Gasteiger partial charge in [0.25, 0.3) is 0 Å². The maximum Gasteiger partial charge on any atom is 0.136 e. The van der Waals surface area contributed by atoms with Crippen molar-refractivity contribution in [3.63, 3.8) is 0 Å². The average Bonchev–Trinajstić information content (AvgIpc) is 3.84. The minimum atomic E-state index is 0.416. The van der Waals surface area contributed by atoms with Gasteiger partial charge in [-0.05, 0) is 113 Å². The summed E-state index contributed by atoms with van der Waals surface area (Å²) in [5, 5.41) is 11.9. The van der Waals surface area contributed by atoms with Crippen molar-refractivity contribution in [1.29, 1.82) is 0 Å². The zero-order valence-electron chi connectivity index (χ0n) is 29.5. The number of furan rings is 2. The van der Waals surface area contributed by atoms with Crippen molar-refractivity contribution in [3.05, 3.63) is 169 Å². The summed E-state index contributed by atoms with van der Waals surface area (Å²) in [5.41, 5.74) is 10.1. The van der Waals surface area contributed by atoms with Crippen LogP contribution in [0.5, 0.6) is 0 Å². The van der Waals surface area contributed by atoms with Crippen LogP contribution < -0.4 is 0 Å². The molecular formula is C51H34O2. The Bertz CT molecular complexity index is 3140. The van der Waals surface area contributed by atoms with Crippen LogP contribution in [0.15, 0.2) is 173 Å². The summed E-state index contributed by atoms with van der Waals surface area (Å²) in [6.45, 7) is 4.52. The van der Waals surface area contributed by atoms with Crippen LogP contribution in [0.4, 0.5) is 0 Å². The van der Waals surface area contributed by atoms with Gasteiger partial charge in [-0.2, -0.15) is 0 Å². The molecule has 0 atom stereocenters. The van der Waals surface area contributed by atoms with E-state index in [0.717, 1.165) is 44.6 Å². The number of hydrogen-bond donors (Lipinski definition) is 0. The van der Waals surface area contributed by atoms with Crippen molar-refractivity contribution in [1.82, 2.24) is 0 Å². The second-order valence-electron chi connectivity index (χ2n) is 14.6. The summed E-state index contributed by atoms with van der Waals surface area (Å²) in [7, 11) is 0. The van der Waals surface area contributed by atoms with E-state index in [-0.39, 0.29) is 0 Å². The predicted molar refractivity (Wildman–Crippen MR) is 223 cm³/mol. The third-order valence-corrected chi connectivity index (χ3v) is 11.2. The molecule has 0 saturated carbocycles. The van der Waals surface area contributed by atoms with Crippen molar-refractivity contribution in [2.24, 2.45) is 0 Å². The number of hydrogen-bond acceptors (Lipinski definition) is 2. The molecule has 0 spiro atoms. The Morgan fingerprint density at radius 1 is 0.358 bits per heavy atom. The summed E-state index contributed by atoms with van der Waals surface area (Å²) in [6.07, 6.45) is 0. The van der Waals surface area contributed by atoms with E-state index < -0.39 is 0 Å². The molecule has 0 saturated heterocycles. The number of rotatable bonds is 5. The maximum atomic E-state index is 6.66. The molecule has 2 heteroatoms. The minimum Gasteiger partial charge on any atom is -0.456 e. The maximum absolute atomic E-state index is 6.66. The second-order valence-corrected chi connectivity index (χ2v) is 14.6. The molecule has 250 valence electrons. The largest absolute Gasteiger partial charge is 0.456 e. The normalized spacial score (nSPS) is 12.1. The molecule has 11 aromatic rings. The SMILES string of the molecule is CC(C)c1cccc(-c2cc(-c3cc4ccccc4o3)c3ccc4c(-c5cccc6ccccc56)cc(-c5cc6ccccc6o5)c5ccc2c3c54)c1. The highest BCUT2D eigenvalue weighted by Crippen LogP contribution is 2.50. The van der Waals surface area contributed by atoms with Gasteiger partial charge in [0.1, 0.15) is 22.7 Å². The van der Waals surface area contributed by atoms with E-state index in [0.29, 0.717) is 5.92 Å². The predicted octanol–water partition coefficient (Wildman–Crippen LogP) is 15.0. The summed E-state index contributed by atoms with van der Waals surface area (Å²) in [6, 6.07) is 59.3. The molecule has 0 fully saturated rings. The monoisotopic (exact) mass is 678 g/mol. The summed E-state index contributed by atoms with van der Waals surface area (Å²) < 4.78 is 13.3. The van der Waals surface area contributed by atoms with E-state index in [1.54, 1.807) is 0 Å². The van der Waals surface area contributed by atoms with Crippen LogP contribution >= 0.6 is 0 Å². The van der Waals surface area contributed by atoms with Crippen molar-refractivity contribution in [3.8, 4) is 44.9 Å². The Labute approximate surface area is 306 Å². The van der Waals surface area contributed by atoms with Gasteiger partial charge in [0, 0.05) is 21.9 Å². The van der Waals surface area contributed by atoms with E-state index in [1.165, 1.54) is 70.9 Å². The van der Waals surface area contributed by atoms with Gasteiger partial charge in [-0.1, -0.05) is 141 Å². The highest BCUT2D eigenvalue weighted by Gasteiger charge is 2.23. The fourth-order valence-corrected chi connectivity index (χ4v) is 8.62. The first kappa shape index (κ1) is 30.0. The Kier molecular flexibility index (Phi) is 6.48. The first-order valence-corrected chi connectivity index (χ1v) is 18.4. The fraction of sp³-hybridized carbons (Fsp3) is 0.0588. The molecule has 0 aliphatic rings. The highest BCUT2D eigenvalue weighted by molar-refractivity contribution is 6.32. The first-order valence-electron chi connectivity index (χ1n) is 18.4. The van der Waals surface area contributed by atoms with Crippen LogP contribution in [0.1, 0.15) is 25.3 Å². The molecule has 0 aliphatic heterocycles. The van der Waals surface area contributed by atoms with E-state index >= 15 is 0 Å². The zero-order chi connectivity index (χ0) is 35.2. The topological polar surface area (TPSA) is 26.3 Å². The molecule has 11 rings (SSSR count). The smallest absolute Gasteiger partial charge is 0.136 e. The molecule has 2 nitrogen and oxygen atoms in total. The van der Waals surface area contributed by atoms with Crippen LogP contribution in [0.3, 0.4) is 0 Å². The van der Waals surface area contributed by atoms with Crippen LogP contribution in [-0.4, -0.2) is 0 Å². The third-order valence-electron chi connectivity index (χ3n) is 11.2. The van der Waals surface area contributed by atoms with Gasteiger partial charge in [-0.25, -0.2) is 0 Å². The molecule has 0 N–H and O–H groups in total. The second kappa shape index (κ2) is 11.4. The average molecular weight is 679 g/mol. The molecule has 9 aromatic carbocycles. The summed E-state index contributed by atoms with van der Waals surface area (Å²) in [4.78, 5) is 0. The third kappa shape index (κ3) is 4.59. The van der Waals surface area contributed by atoms with E-state index in [2.05, 4.69) is 166 Å². The van der Waals surface area contributed by atoms with Crippen molar-refractivity contribution in [2.45, 2.75) is 19.8 Å². The molecule has 0 aliphatic carbocycles. The Hall–Kier alpha value is -6.64. The van der Waals surface area contributed by atoms with E-state index in [9.17, 15) is 0 Å². The van der Waals surface area contributed by atoms with Crippen LogP contribution in [0.2, 0.25) is 0 Å². The van der Waals surface area contributed by atoms with Gasteiger partial charge in [0.05, 0.1) is 0 Å². The Morgan fingerprint density at radius 3 is 1.49 bits per heavy atom. The van der Waals surface area contributed by atoms with Gasteiger partial charge >= 0.3 is 0 Å². The first-order chi connectivity index (χ1) is 26.1. The number of benzene rings is 9. The lowest BCUT2D eigenvalue weighted by molar-refractivity contribution is 0.632. The fourth-order valence-electron chi connectivity index (χ4n) is 8.62. The zero-order valence-corrected chi connectivity index (χ0v) is 29.5. The molecule has 0 bridgehead atoms. The summed E-state index contributed by atoms with van der Waals surface area (Å²) in [5.74, 6) is 2.16. The lowest BCUT2D eigenvalue weighted by atomic mass is 9.82. The van der Waals surface area contributed by atoms with Crippen molar-refractivity contribution < 1.29 is 8.83 Å². The Balaban J connectivity index is 1.32. The standard InChI is InChI=1S/C51H34O2/c1-30(2)32-15-9-16-33(25-32)42-28-44(48-26-34-12-4-7-19-46(34)52-48)40-24-22-39-43(37-18-10-14-31-11-3-6-17-36(31)37)29-45(41-23-21-38(42)50(40)51(39)41)49-27-35-13-5-8-20-47(35)53-49/h3-30H,1-2H3. The highest BCUT2D eigenvalue weighted by atomic mass is 16.3. The molecule has 0 unspecified atom stereocenters. The molecule has 0 amide bonds. The number of para-hydroxylation sites is 2. The van der Waals surface area contributed by atoms with Gasteiger partial charge in [0.15, 0.2) is 0 Å². The van der Waals surface area contributed by atoms with Crippen LogP contribution in [0.25, 0.3) is 110 Å². The van der Waals surface area contributed by atoms with E-state index in [4.69, 9.17) is 8.83 Å². The lowest BCUT2D eigenvalue weighted by Gasteiger charge is -2.21. The van der Waals surface area contributed by atoms with Crippen molar-refractivity contribution in [2.75, 3.05) is 0 Å². The molecular weight excluding hydrogens is 645 g/mol. The van der Waals surface area contributed by atoms with Gasteiger partial charge < -0.3 is 8.83 Å². The molecule has 2 heterocycles.